The van der Waals surface area contributed by atoms with Crippen molar-refractivity contribution < 1.29 is 14.1 Å². The Labute approximate surface area is 113 Å². The molecular formula is C13H9ClFNO3. The normalized spacial score (nSPS) is 10.2. The Balaban J connectivity index is 2.39. The van der Waals surface area contributed by atoms with Crippen LogP contribution in [0.5, 0.6) is 11.5 Å². The highest BCUT2D eigenvalue weighted by molar-refractivity contribution is 6.17. The maximum Gasteiger partial charge on any atom is 0.311 e. The summed E-state index contributed by atoms with van der Waals surface area (Å²) >= 11 is 5.69. The van der Waals surface area contributed by atoms with Crippen LogP contribution >= 0.6 is 11.6 Å². The molecule has 0 saturated carbocycles. The number of benzene rings is 2. The third kappa shape index (κ3) is 3.00. The topological polar surface area (TPSA) is 52.4 Å². The van der Waals surface area contributed by atoms with Gasteiger partial charge in [0.15, 0.2) is 0 Å². The molecule has 0 aliphatic heterocycles. The van der Waals surface area contributed by atoms with Crippen molar-refractivity contribution in [3.8, 4) is 11.5 Å². The molecule has 19 heavy (non-hydrogen) atoms. The lowest BCUT2D eigenvalue weighted by molar-refractivity contribution is -0.385. The zero-order chi connectivity index (χ0) is 13.8. The first-order valence-electron chi connectivity index (χ1n) is 5.37. The molecule has 0 spiro atoms. The summed E-state index contributed by atoms with van der Waals surface area (Å²) in [6, 6.07) is 9.80. The zero-order valence-electron chi connectivity index (χ0n) is 9.68. The molecule has 0 N–H and O–H groups in total. The maximum atomic E-state index is 13.1. The van der Waals surface area contributed by atoms with E-state index in [4.69, 9.17) is 16.3 Å². The van der Waals surface area contributed by atoms with Gasteiger partial charge in [-0.2, -0.15) is 0 Å². The quantitative estimate of drug-likeness (QED) is 0.478. The zero-order valence-corrected chi connectivity index (χ0v) is 10.4. The second-order valence-electron chi connectivity index (χ2n) is 3.71. The molecular weight excluding hydrogens is 273 g/mol. The molecule has 0 atom stereocenters. The summed E-state index contributed by atoms with van der Waals surface area (Å²) in [5.41, 5.74) is 0.271. The summed E-state index contributed by atoms with van der Waals surface area (Å²) in [7, 11) is 0. The number of para-hydroxylation sites is 2. The molecule has 6 heteroatoms. The van der Waals surface area contributed by atoms with E-state index in [1.807, 2.05) is 0 Å². The monoisotopic (exact) mass is 281 g/mol. The Morgan fingerprint density at radius 3 is 2.63 bits per heavy atom. The molecule has 0 fully saturated rings. The fourth-order valence-corrected chi connectivity index (χ4v) is 1.77. The average molecular weight is 282 g/mol. The SMILES string of the molecule is O=[N+]([O-])c1ccccc1Oc1ccc(F)cc1CCl. The number of nitrogens with zero attached hydrogens (tertiary/aromatic N) is 1. The molecule has 2 aromatic rings. The van der Waals surface area contributed by atoms with Gasteiger partial charge in [-0.25, -0.2) is 4.39 Å². The molecule has 0 amide bonds. The molecule has 0 saturated heterocycles. The van der Waals surface area contributed by atoms with Crippen LogP contribution in [-0.2, 0) is 5.88 Å². The van der Waals surface area contributed by atoms with Crippen molar-refractivity contribution in [2.45, 2.75) is 5.88 Å². The summed E-state index contributed by atoms with van der Waals surface area (Å²) in [6.45, 7) is 0. The summed E-state index contributed by atoms with van der Waals surface area (Å²) in [5, 5.41) is 10.9. The minimum Gasteiger partial charge on any atom is -0.450 e. The van der Waals surface area contributed by atoms with E-state index in [0.29, 0.717) is 11.3 Å². The van der Waals surface area contributed by atoms with Crippen molar-refractivity contribution in [2.24, 2.45) is 0 Å². The van der Waals surface area contributed by atoms with Gasteiger partial charge in [-0.3, -0.25) is 10.1 Å². The molecule has 2 aromatic carbocycles. The van der Waals surface area contributed by atoms with Crippen LogP contribution < -0.4 is 4.74 Å². The van der Waals surface area contributed by atoms with Gasteiger partial charge in [0.25, 0.3) is 0 Å². The van der Waals surface area contributed by atoms with E-state index in [-0.39, 0.29) is 17.3 Å². The van der Waals surface area contributed by atoms with Crippen molar-refractivity contribution >= 4 is 17.3 Å². The first-order chi connectivity index (χ1) is 9.11. The van der Waals surface area contributed by atoms with Crippen LogP contribution in [0.25, 0.3) is 0 Å². The lowest BCUT2D eigenvalue weighted by Gasteiger charge is -2.09. The number of ether oxygens (including phenoxy) is 1. The third-order valence-corrected chi connectivity index (χ3v) is 2.74. The van der Waals surface area contributed by atoms with E-state index in [1.165, 1.54) is 36.4 Å². The van der Waals surface area contributed by atoms with Gasteiger partial charge in [0, 0.05) is 11.6 Å². The molecule has 4 nitrogen and oxygen atoms in total. The van der Waals surface area contributed by atoms with Crippen LogP contribution in [-0.4, -0.2) is 4.92 Å². The van der Waals surface area contributed by atoms with Gasteiger partial charge < -0.3 is 4.74 Å². The summed E-state index contributed by atoms with van der Waals surface area (Å²) in [6.07, 6.45) is 0. The van der Waals surface area contributed by atoms with Crippen LogP contribution in [0.15, 0.2) is 42.5 Å². The van der Waals surface area contributed by atoms with Gasteiger partial charge in [-0.1, -0.05) is 12.1 Å². The van der Waals surface area contributed by atoms with Gasteiger partial charge in [0.1, 0.15) is 11.6 Å². The molecule has 98 valence electrons. The fourth-order valence-electron chi connectivity index (χ4n) is 1.56. The number of alkyl halides is 1. The Hall–Kier alpha value is -2.14. The number of nitro benzene ring substituents is 1. The average Bonchev–Trinajstić information content (AvgIpc) is 2.41. The van der Waals surface area contributed by atoms with Gasteiger partial charge in [0.2, 0.25) is 5.75 Å². The van der Waals surface area contributed by atoms with Crippen LogP contribution in [0.3, 0.4) is 0 Å². The number of hydrogen-bond acceptors (Lipinski definition) is 3. The number of halogens is 2. The van der Waals surface area contributed by atoms with Gasteiger partial charge in [-0.15, -0.1) is 11.6 Å². The molecule has 0 unspecified atom stereocenters. The number of nitro groups is 1. The first-order valence-corrected chi connectivity index (χ1v) is 5.91. The Morgan fingerprint density at radius 2 is 1.95 bits per heavy atom. The molecule has 0 heterocycles. The second-order valence-corrected chi connectivity index (χ2v) is 3.98. The Kier molecular flexibility index (Phi) is 3.97. The largest absolute Gasteiger partial charge is 0.450 e. The van der Waals surface area contributed by atoms with Crippen LogP contribution in [0.4, 0.5) is 10.1 Å². The maximum absolute atomic E-state index is 13.1. The highest BCUT2D eigenvalue weighted by Crippen LogP contribution is 2.33. The predicted octanol–water partition coefficient (Wildman–Crippen LogP) is 4.27. The van der Waals surface area contributed by atoms with E-state index in [1.54, 1.807) is 6.07 Å². The summed E-state index contributed by atoms with van der Waals surface area (Å²) < 4.78 is 18.5. The van der Waals surface area contributed by atoms with Crippen molar-refractivity contribution in [1.29, 1.82) is 0 Å². The van der Waals surface area contributed by atoms with E-state index >= 15 is 0 Å². The highest BCUT2D eigenvalue weighted by atomic mass is 35.5. The molecule has 0 aliphatic carbocycles. The minimum atomic E-state index is -0.542. The summed E-state index contributed by atoms with van der Waals surface area (Å²) in [5.74, 6) is -0.00462. The Bertz CT molecular complexity index is 619. The minimum absolute atomic E-state index is 0.0493. The molecule has 2 rings (SSSR count). The highest BCUT2D eigenvalue weighted by Gasteiger charge is 2.16. The van der Waals surface area contributed by atoms with Gasteiger partial charge in [0.05, 0.1) is 10.8 Å². The molecule has 0 radical (unpaired) electrons. The second kappa shape index (κ2) is 5.67. The molecule has 0 aromatic heterocycles. The van der Waals surface area contributed by atoms with Gasteiger partial charge >= 0.3 is 5.69 Å². The van der Waals surface area contributed by atoms with E-state index in [9.17, 15) is 14.5 Å². The van der Waals surface area contributed by atoms with E-state index in [0.717, 1.165) is 0 Å². The van der Waals surface area contributed by atoms with Gasteiger partial charge in [-0.05, 0) is 24.3 Å². The third-order valence-electron chi connectivity index (χ3n) is 2.45. The fraction of sp³-hybridized carbons (Fsp3) is 0.0769. The Morgan fingerprint density at radius 1 is 1.21 bits per heavy atom. The lowest BCUT2D eigenvalue weighted by atomic mass is 10.2. The van der Waals surface area contributed by atoms with E-state index < -0.39 is 10.7 Å². The van der Waals surface area contributed by atoms with Crippen molar-refractivity contribution in [2.75, 3.05) is 0 Å². The van der Waals surface area contributed by atoms with Crippen LogP contribution in [0, 0.1) is 15.9 Å². The van der Waals surface area contributed by atoms with Crippen LogP contribution in [0.1, 0.15) is 5.56 Å². The lowest BCUT2D eigenvalue weighted by Crippen LogP contribution is -1.95. The number of rotatable bonds is 4. The van der Waals surface area contributed by atoms with Crippen molar-refractivity contribution in [1.82, 2.24) is 0 Å². The molecule has 0 bridgehead atoms. The van der Waals surface area contributed by atoms with E-state index in [2.05, 4.69) is 0 Å². The summed E-state index contributed by atoms with van der Waals surface area (Å²) in [4.78, 5) is 10.3. The molecule has 0 aliphatic rings. The van der Waals surface area contributed by atoms with Crippen molar-refractivity contribution in [3.63, 3.8) is 0 Å². The standard InChI is InChI=1S/C13H9ClFNO3/c14-8-9-7-10(15)5-6-12(9)19-13-4-2-1-3-11(13)16(17)18/h1-7H,8H2. The predicted molar refractivity (Wildman–Crippen MR) is 69.1 cm³/mol. The first kappa shape index (κ1) is 13.3. The van der Waals surface area contributed by atoms with Crippen molar-refractivity contribution in [3.05, 3.63) is 64.0 Å². The van der Waals surface area contributed by atoms with Crippen LogP contribution in [0.2, 0.25) is 0 Å². The number of hydrogen-bond donors (Lipinski definition) is 0. The smallest absolute Gasteiger partial charge is 0.311 e.